The maximum absolute atomic E-state index is 13.2. The summed E-state index contributed by atoms with van der Waals surface area (Å²) in [7, 11) is 0. The number of hydrogen-bond donors (Lipinski definition) is 1. The molecule has 1 aliphatic rings. The van der Waals surface area contributed by atoms with E-state index in [9.17, 15) is 9.18 Å². The Morgan fingerprint density at radius 2 is 2.11 bits per heavy atom. The van der Waals surface area contributed by atoms with Crippen LogP contribution in [0, 0.1) is 17.2 Å². The molecule has 1 aromatic rings. The molecule has 104 valence electrons. The van der Waals surface area contributed by atoms with Crippen molar-refractivity contribution in [1.82, 2.24) is 4.90 Å². The number of carbonyl (C=O) groups is 1. The summed E-state index contributed by atoms with van der Waals surface area (Å²) in [6.45, 7) is 7.55. The third-order valence-electron chi connectivity index (χ3n) is 3.91. The van der Waals surface area contributed by atoms with Gasteiger partial charge >= 0.3 is 0 Å². The predicted octanol–water partition coefficient (Wildman–Crippen LogP) is 2.80. The quantitative estimate of drug-likeness (QED) is 0.835. The van der Waals surface area contributed by atoms with Gasteiger partial charge in [-0.25, -0.2) is 4.39 Å². The van der Waals surface area contributed by atoms with Crippen molar-refractivity contribution in [2.24, 2.45) is 11.3 Å². The Morgan fingerprint density at radius 1 is 1.42 bits per heavy atom. The lowest BCUT2D eigenvalue weighted by atomic mass is 9.80. The van der Waals surface area contributed by atoms with Crippen molar-refractivity contribution >= 4 is 11.6 Å². The van der Waals surface area contributed by atoms with Crippen LogP contribution in [0.5, 0.6) is 0 Å². The molecule has 1 amide bonds. The fraction of sp³-hybridized carbons (Fsp3) is 0.533. The minimum atomic E-state index is -0.316. The van der Waals surface area contributed by atoms with Gasteiger partial charge in [0.2, 0.25) is 5.91 Å². The number of nitrogen functional groups attached to an aromatic ring is 1. The minimum Gasteiger partial charge on any atom is -0.398 e. The lowest BCUT2D eigenvalue weighted by molar-refractivity contribution is -0.128. The molecule has 2 rings (SSSR count). The molecule has 1 saturated heterocycles. The summed E-state index contributed by atoms with van der Waals surface area (Å²) >= 11 is 0. The number of nitrogens with zero attached hydrogens (tertiary/aromatic N) is 1. The summed E-state index contributed by atoms with van der Waals surface area (Å²) in [6, 6.07) is 4.29. The number of benzene rings is 1. The van der Waals surface area contributed by atoms with Crippen LogP contribution >= 0.6 is 0 Å². The van der Waals surface area contributed by atoms with E-state index in [0.717, 1.165) is 6.54 Å². The highest BCUT2D eigenvalue weighted by atomic mass is 19.1. The molecular weight excluding hydrogens is 243 g/mol. The first-order valence-corrected chi connectivity index (χ1v) is 6.59. The fourth-order valence-corrected chi connectivity index (χ4v) is 2.42. The summed E-state index contributed by atoms with van der Waals surface area (Å²) in [6.07, 6.45) is 0.568. The maximum Gasteiger partial charge on any atom is 0.223 e. The van der Waals surface area contributed by atoms with Crippen molar-refractivity contribution in [2.45, 2.75) is 33.7 Å². The van der Waals surface area contributed by atoms with E-state index in [1.165, 1.54) is 12.1 Å². The van der Waals surface area contributed by atoms with Crippen LogP contribution in [0.25, 0.3) is 0 Å². The molecular formula is C15H21FN2O. The number of rotatable bonds is 2. The first kappa shape index (κ1) is 13.8. The van der Waals surface area contributed by atoms with Gasteiger partial charge in [-0.05, 0) is 35.1 Å². The first-order chi connectivity index (χ1) is 8.77. The molecule has 0 bridgehead atoms. The van der Waals surface area contributed by atoms with E-state index in [1.807, 2.05) is 0 Å². The van der Waals surface area contributed by atoms with Gasteiger partial charge in [0.15, 0.2) is 0 Å². The molecule has 1 aliphatic heterocycles. The Bertz CT molecular complexity index is 493. The zero-order valence-corrected chi connectivity index (χ0v) is 11.7. The molecule has 0 saturated carbocycles. The van der Waals surface area contributed by atoms with Gasteiger partial charge in [-0.3, -0.25) is 4.79 Å². The van der Waals surface area contributed by atoms with Crippen molar-refractivity contribution in [3.05, 3.63) is 29.6 Å². The summed E-state index contributed by atoms with van der Waals surface area (Å²) in [4.78, 5) is 13.8. The predicted molar refractivity (Wildman–Crippen MR) is 73.8 cm³/mol. The Hall–Kier alpha value is -1.58. The Kier molecular flexibility index (Phi) is 3.52. The molecule has 1 unspecified atom stereocenters. The van der Waals surface area contributed by atoms with Crippen molar-refractivity contribution < 1.29 is 9.18 Å². The number of anilines is 1. The SMILES string of the molecule is CC(C)(C)C1CC(=O)N(Cc2cc(F)ccc2N)C1. The van der Waals surface area contributed by atoms with E-state index in [1.54, 1.807) is 11.0 Å². The van der Waals surface area contributed by atoms with Gasteiger partial charge in [0.25, 0.3) is 0 Å². The smallest absolute Gasteiger partial charge is 0.223 e. The lowest BCUT2D eigenvalue weighted by Gasteiger charge is -2.26. The van der Waals surface area contributed by atoms with Crippen LogP contribution in [0.4, 0.5) is 10.1 Å². The zero-order chi connectivity index (χ0) is 14.2. The van der Waals surface area contributed by atoms with E-state index in [4.69, 9.17) is 5.73 Å². The highest BCUT2D eigenvalue weighted by Crippen LogP contribution is 2.35. The molecule has 0 aromatic heterocycles. The van der Waals surface area contributed by atoms with Crippen LogP contribution in [-0.2, 0) is 11.3 Å². The zero-order valence-electron chi connectivity index (χ0n) is 11.7. The number of amides is 1. The molecule has 1 atom stereocenters. The molecule has 1 aromatic carbocycles. The van der Waals surface area contributed by atoms with E-state index in [0.29, 0.717) is 30.1 Å². The molecule has 19 heavy (non-hydrogen) atoms. The average molecular weight is 264 g/mol. The molecule has 3 nitrogen and oxygen atoms in total. The Morgan fingerprint density at radius 3 is 2.68 bits per heavy atom. The summed E-state index contributed by atoms with van der Waals surface area (Å²) in [5, 5.41) is 0. The van der Waals surface area contributed by atoms with Crippen molar-refractivity contribution in [1.29, 1.82) is 0 Å². The first-order valence-electron chi connectivity index (χ1n) is 6.59. The number of halogens is 1. The van der Waals surface area contributed by atoms with E-state index in [-0.39, 0.29) is 17.1 Å². The van der Waals surface area contributed by atoms with Crippen LogP contribution in [0.1, 0.15) is 32.8 Å². The average Bonchev–Trinajstić information content (AvgIpc) is 2.65. The number of hydrogen-bond acceptors (Lipinski definition) is 2. The standard InChI is InChI=1S/C15H21FN2O/c1-15(2,3)11-7-14(19)18(9-11)8-10-6-12(16)4-5-13(10)17/h4-6,11H,7-9,17H2,1-3H3. The van der Waals surface area contributed by atoms with Gasteiger partial charge in [0.1, 0.15) is 5.82 Å². The van der Waals surface area contributed by atoms with Gasteiger partial charge in [0.05, 0.1) is 0 Å². The molecule has 0 spiro atoms. The number of nitrogens with two attached hydrogens (primary N) is 1. The summed E-state index contributed by atoms with van der Waals surface area (Å²) in [5.74, 6) is 0.154. The molecule has 1 fully saturated rings. The van der Waals surface area contributed by atoms with Crippen molar-refractivity contribution in [2.75, 3.05) is 12.3 Å². The highest BCUT2D eigenvalue weighted by Gasteiger charge is 2.36. The second-order valence-corrected chi connectivity index (χ2v) is 6.38. The highest BCUT2D eigenvalue weighted by molar-refractivity contribution is 5.79. The molecule has 0 radical (unpaired) electrons. The molecule has 1 heterocycles. The summed E-state index contributed by atoms with van der Waals surface area (Å²) < 4.78 is 13.2. The number of carbonyl (C=O) groups excluding carboxylic acids is 1. The van der Waals surface area contributed by atoms with Gasteiger partial charge in [-0.1, -0.05) is 20.8 Å². The van der Waals surface area contributed by atoms with E-state index in [2.05, 4.69) is 20.8 Å². The third kappa shape index (κ3) is 3.06. The largest absolute Gasteiger partial charge is 0.398 e. The van der Waals surface area contributed by atoms with Crippen molar-refractivity contribution in [3.8, 4) is 0 Å². The van der Waals surface area contributed by atoms with Gasteiger partial charge in [0, 0.05) is 25.2 Å². The second kappa shape index (κ2) is 4.83. The van der Waals surface area contributed by atoms with Crippen LogP contribution in [0.2, 0.25) is 0 Å². The van der Waals surface area contributed by atoms with Crippen LogP contribution in [0.15, 0.2) is 18.2 Å². The van der Waals surface area contributed by atoms with Gasteiger partial charge in [-0.15, -0.1) is 0 Å². The minimum absolute atomic E-state index is 0.109. The normalized spacial score (nSPS) is 20.1. The fourth-order valence-electron chi connectivity index (χ4n) is 2.42. The third-order valence-corrected chi connectivity index (χ3v) is 3.91. The maximum atomic E-state index is 13.2. The second-order valence-electron chi connectivity index (χ2n) is 6.38. The molecule has 4 heteroatoms. The lowest BCUT2D eigenvalue weighted by Crippen LogP contribution is -2.27. The Labute approximate surface area is 113 Å². The summed E-state index contributed by atoms with van der Waals surface area (Å²) in [5.41, 5.74) is 7.16. The monoisotopic (exact) mass is 264 g/mol. The number of likely N-dealkylation sites (tertiary alicyclic amines) is 1. The van der Waals surface area contributed by atoms with Crippen LogP contribution in [-0.4, -0.2) is 17.4 Å². The van der Waals surface area contributed by atoms with Crippen LogP contribution < -0.4 is 5.73 Å². The van der Waals surface area contributed by atoms with Crippen LogP contribution in [0.3, 0.4) is 0 Å². The van der Waals surface area contributed by atoms with Crippen molar-refractivity contribution in [3.63, 3.8) is 0 Å². The molecule has 2 N–H and O–H groups in total. The van der Waals surface area contributed by atoms with E-state index >= 15 is 0 Å². The Balaban J connectivity index is 2.12. The van der Waals surface area contributed by atoms with Gasteiger partial charge in [-0.2, -0.15) is 0 Å². The van der Waals surface area contributed by atoms with Gasteiger partial charge < -0.3 is 10.6 Å². The molecule has 0 aliphatic carbocycles. The topological polar surface area (TPSA) is 46.3 Å². The van der Waals surface area contributed by atoms with E-state index < -0.39 is 0 Å².